The van der Waals surface area contributed by atoms with Crippen LogP contribution in [0.15, 0.2) is 48.5 Å². The molecule has 0 aromatic heterocycles. The third-order valence-corrected chi connectivity index (χ3v) is 4.88. The predicted molar refractivity (Wildman–Crippen MR) is 123 cm³/mol. The molecular formula is C24H31N3O3. The zero-order valence-electron chi connectivity index (χ0n) is 18.4. The van der Waals surface area contributed by atoms with Crippen LogP contribution in [0.2, 0.25) is 0 Å². The van der Waals surface area contributed by atoms with E-state index >= 15 is 0 Å². The molecule has 0 heterocycles. The molecule has 0 atom stereocenters. The molecule has 2 aromatic rings. The molecule has 2 aromatic carbocycles. The van der Waals surface area contributed by atoms with Crippen LogP contribution in [0, 0.1) is 6.92 Å². The SMILES string of the molecule is CCN(CC)c1ccc(NC(=O)CN(C)C(=O)/C=C/c2cccc(OC)c2)c(C)c1. The number of rotatable bonds is 9. The molecule has 0 aliphatic rings. The van der Waals surface area contributed by atoms with Crippen molar-refractivity contribution in [2.75, 3.05) is 44.0 Å². The van der Waals surface area contributed by atoms with Gasteiger partial charge in [0.1, 0.15) is 5.75 Å². The fourth-order valence-corrected chi connectivity index (χ4v) is 3.10. The summed E-state index contributed by atoms with van der Waals surface area (Å²) >= 11 is 0. The van der Waals surface area contributed by atoms with Crippen LogP contribution >= 0.6 is 0 Å². The lowest BCUT2D eigenvalue weighted by Gasteiger charge is -2.22. The summed E-state index contributed by atoms with van der Waals surface area (Å²) in [5, 5.41) is 2.90. The highest BCUT2D eigenvalue weighted by Crippen LogP contribution is 2.22. The molecule has 0 radical (unpaired) electrons. The molecule has 0 spiro atoms. The number of hydrogen-bond acceptors (Lipinski definition) is 4. The van der Waals surface area contributed by atoms with Crippen molar-refractivity contribution in [3.63, 3.8) is 0 Å². The second-order valence-electron chi connectivity index (χ2n) is 7.02. The molecule has 0 bridgehead atoms. The van der Waals surface area contributed by atoms with Gasteiger partial charge in [-0.1, -0.05) is 12.1 Å². The number of amides is 2. The van der Waals surface area contributed by atoms with Gasteiger partial charge in [0.25, 0.3) is 0 Å². The first-order valence-electron chi connectivity index (χ1n) is 10.1. The summed E-state index contributed by atoms with van der Waals surface area (Å²) < 4.78 is 5.18. The van der Waals surface area contributed by atoms with E-state index in [1.54, 1.807) is 20.2 Å². The first-order valence-corrected chi connectivity index (χ1v) is 10.1. The van der Waals surface area contributed by atoms with Crippen LogP contribution in [0.25, 0.3) is 6.08 Å². The van der Waals surface area contributed by atoms with Gasteiger partial charge in [0.2, 0.25) is 11.8 Å². The average molecular weight is 410 g/mol. The van der Waals surface area contributed by atoms with Crippen molar-refractivity contribution in [1.29, 1.82) is 0 Å². The van der Waals surface area contributed by atoms with Gasteiger partial charge in [0.05, 0.1) is 13.7 Å². The third kappa shape index (κ3) is 6.37. The van der Waals surface area contributed by atoms with Crippen LogP contribution in [-0.4, -0.2) is 50.5 Å². The molecule has 2 rings (SSSR count). The van der Waals surface area contributed by atoms with Crippen molar-refractivity contribution >= 4 is 29.3 Å². The highest BCUT2D eigenvalue weighted by Gasteiger charge is 2.12. The lowest BCUT2D eigenvalue weighted by Crippen LogP contribution is -2.34. The monoisotopic (exact) mass is 409 g/mol. The van der Waals surface area contributed by atoms with Crippen molar-refractivity contribution in [2.45, 2.75) is 20.8 Å². The van der Waals surface area contributed by atoms with Gasteiger partial charge in [0.15, 0.2) is 0 Å². The Morgan fingerprint density at radius 1 is 1.10 bits per heavy atom. The molecule has 0 aliphatic carbocycles. The molecular weight excluding hydrogens is 378 g/mol. The Morgan fingerprint density at radius 2 is 1.83 bits per heavy atom. The topological polar surface area (TPSA) is 61.9 Å². The molecule has 2 amide bonds. The minimum Gasteiger partial charge on any atom is -0.497 e. The summed E-state index contributed by atoms with van der Waals surface area (Å²) in [6.45, 7) is 8.02. The number of aryl methyl sites for hydroxylation is 1. The third-order valence-electron chi connectivity index (χ3n) is 4.88. The summed E-state index contributed by atoms with van der Waals surface area (Å²) in [4.78, 5) is 28.4. The van der Waals surface area contributed by atoms with Crippen LogP contribution in [0.5, 0.6) is 5.75 Å². The summed E-state index contributed by atoms with van der Waals surface area (Å²) in [7, 11) is 3.20. The van der Waals surface area contributed by atoms with E-state index in [4.69, 9.17) is 4.74 Å². The van der Waals surface area contributed by atoms with Gasteiger partial charge in [-0.25, -0.2) is 0 Å². The van der Waals surface area contributed by atoms with Crippen molar-refractivity contribution in [1.82, 2.24) is 4.90 Å². The summed E-state index contributed by atoms with van der Waals surface area (Å²) in [5.41, 5.74) is 3.72. The van der Waals surface area contributed by atoms with Crippen molar-refractivity contribution in [3.8, 4) is 5.75 Å². The maximum Gasteiger partial charge on any atom is 0.246 e. The number of benzene rings is 2. The van der Waals surface area contributed by atoms with Gasteiger partial charge < -0.3 is 19.9 Å². The minimum atomic E-state index is -0.249. The van der Waals surface area contributed by atoms with Crippen LogP contribution in [0.4, 0.5) is 11.4 Å². The maximum atomic E-state index is 12.4. The Bertz CT molecular complexity index is 904. The summed E-state index contributed by atoms with van der Waals surface area (Å²) in [5.74, 6) is 0.237. The molecule has 1 N–H and O–H groups in total. The molecule has 6 nitrogen and oxygen atoms in total. The second kappa shape index (κ2) is 11.0. The van der Waals surface area contributed by atoms with E-state index in [1.165, 1.54) is 11.0 Å². The number of carbonyl (C=O) groups is 2. The van der Waals surface area contributed by atoms with Gasteiger partial charge in [-0.3, -0.25) is 9.59 Å². The lowest BCUT2D eigenvalue weighted by atomic mass is 10.1. The second-order valence-corrected chi connectivity index (χ2v) is 7.02. The summed E-state index contributed by atoms with van der Waals surface area (Å²) in [6.07, 6.45) is 3.15. The Labute approximate surface area is 179 Å². The highest BCUT2D eigenvalue weighted by molar-refractivity contribution is 5.98. The number of carbonyl (C=O) groups excluding carboxylic acids is 2. The number of nitrogens with one attached hydrogen (secondary N) is 1. The molecule has 160 valence electrons. The van der Waals surface area contributed by atoms with Crippen LogP contribution in [-0.2, 0) is 9.59 Å². The summed E-state index contributed by atoms with van der Waals surface area (Å²) in [6, 6.07) is 13.4. The minimum absolute atomic E-state index is 0.0292. The average Bonchev–Trinajstić information content (AvgIpc) is 2.74. The number of likely N-dealkylation sites (N-methyl/N-ethyl adjacent to an activating group) is 1. The molecule has 30 heavy (non-hydrogen) atoms. The van der Waals surface area contributed by atoms with E-state index in [-0.39, 0.29) is 18.4 Å². The number of anilines is 2. The Kier molecular flexibility index (Phi) is 8.47. The van der Waals surface area contributed by atoms with Crippen LogP contribution in [0.3, 0.4) is 0 Å². The fourth-order valence-electron chi connectivity index (χ4n) is 3.10. The van der Waals surface area contributed by atoms with Gasteiger partial charge in [0, 0.05) is 37.6 Å². The van der Waals surface area contributed by atoms with Gasteiger partial charge in [-0.05, 0) is 68.3 Å². The number of methoxy groups -OCH3 is 1. The van der Waals surface area contributed by atoms with Crippen molar-refractivity contribution in [2.24, 2.45) is 0 Å². The first-order chi connectivity index (χ1) is 14.4. The van der Waals surface area contributed by atoms with Crippen molar-refractivity contribution < 1.29 is 14.3 Å². The Hall–Kier alpha value is -3.28. The first kappa shape index (κ1) is 23.0. The molecule has 0 unspecified atom stereocenters. The molecule has 0 aliphatic heterocycles. The lowest BCUT2D eigenvalue weighted by molar-refractivity contribution is -0.129. The van der Waals surface area contributed by atoms with Gasteiger partial charge in [-0.15, -0.1) is 0 Å². The molecule has 0 saturated heterocycles. The smallest absolute Gasteiger partial charge is 0.246 e. The highest BCUT2D eigenvalue weighted by atomic mass is 16.5. The number of nitrogens with zero attached hydrogens (tertiary/aromatic N) is 2. The van der Waals surface area contributed by atoms with E-state index in [0.29, 0.717) is 0 Å². The standard InChI is InChI=1S/C24H31N3O3/c1-6-27(7-2)20-12-13-22(18(3)15-20)25-23(28)17-26(4)24(29)14-11-19-9-8-10-21(16-19)30-5/h8-16H,6-7,17H2,1-5H3,(H,25,28)/b14-11+. The predicted octanol–water partition coefficient (Wildman–Crippen LogP) is 3.96. The molecule has 0 saturated carbocycles. The molecule has 6 heteroatoms. The maximum absolute atomic E-state index is 12.4. The molecule has 0 fully saturated rings. The Morgan fingerprint density at radius 3 is 2.47 bits per heavy atom. The van der Waals surface area contributed by atoms with Gasteiger partial charge in [-0.2, -0.15) is 0 Å². The zero-order valence-corrected chi connectivity index (χ0v) is 18.4. The van der Waals surface area contributed by atoms with E-state index < -0.39 is 0 Å². The fraction of sp³-hybridized carbons (Fsp3) is 0.333. The normalized spacial score (nSPS) is 10.7. The zero-order chi connectivity index (χ0) is 22.1. The largest absolute Gasteiger partial charge is 0.497 e. The number of hydrogen-bond donors (Lipinski definition) is 1. The van der Waals surface area contributed by atoms with Crippen molar-refractivity contribution in [3.05, 3.63) is 59.7 Å². The van der Waals surface area contributed by atoms with Crippen LogP contribution in [0.1, 0.15) is 25.0 Å². The Balaban J connectivity index is 1.95. The van der Waals surface area contributed by atoms with E-state index in [0.717, 1.165) is 41.3 Å². The van der Waals surface area contributed by atoms with E-state index in [1.807, 2.05) is 43.3 Å². The van der Waals surface area contributed by atoms with E-state index in [9.17, 15) is 9.59 Å². The van der Waals surface area contributed by atoms with E-state index in [2.05, 4.69) is 30.1 Å². The number of ether oxygens (including phenoxy) is 1. The van der Waals surface area contributed by atoms with Crippen LogP contribution < -0.4 is 15.0 Å². The van der Waals surface area contributed by atoms with Gasteiger partial charge >= 0.3 is 0 Å². The quantitative estimate of drug-likeness (QED) is 0.637.